The predicted octanol–water partition coefficient (Wildman–Crippen LogP) is 3.09. The fourth-order valence-corrected chi connectivity index (χ4v) is 4.32. The van der Waals surface area contributed by atoms with Crippen molar-refractivity contribution in [2.75, 3.05) is 5.88 Å². The summed E-state index contributed by atoms with van der Waals surface area (Å²) in [6.07, 6.45) is -0.298. The van der Waals surface area contributed by atoms with E-state index in [1.165, 1.54) is 16.7 Å². The van der Waals surface area contributed by atoms with Gasteiger partial charge in [0.25, 0.3) is 0 Å². The predicted molar refractivity (Wildman–Crippen MR) is 108 cm³/mol. The third-order valence-electron chi connectivity index (χ3n) is 4.57. The van der Waals surface area contributed by atoms with Crippen LogP contribution in [0.3, 0.4) is 0 Å². The summed E-state index contributed by atoms with van der Waals surface area (Å²) in [5.74, 6) is -1.03. The summed E-state index contributed by atoms with van der Waals surface area (Å²) in [6, 6.07) is 7.47. The van der Waals surface area contributed by atoms with Crippen molar-refractivity contribution < 1.29 is 24.2 Å². The average molecular weight is 409 g/mol. The van der Waals surface area contributed by atoms with Gasteiger partial charge in [-0.05, 0) is 31.7 Å². The molecule has 1 aliphatic heterocycles. The van der Waals surface area contributed by atoms with Crippen LogP contribution in [0.5, 0.6) is 0 Å². The van der Waals surface area contributed by atoms with Crippen molar-refractivity contribution in [1.29, 1.82) is 0 Å². The summed E-state index contributed by atoms with van der Waals surface area (Å²) < 4.78 is 4.63. The Morgan fingerprint density at radius 2 is 1.93 bits per heavy atom. The topological polar surface area (TPSA) is 95.9 Å². The summed E-state index contributed by atoms with van der Waals surface area (Å²) in [7, 11) is 0. The van der Waals surface area contributed by atoms with E-state index in [0.29, 0.717) is 6.42 Å². The molecule has 28 heavy (non-hydrogen) atoms. The molecule has 0 radical (unpaired) electrons. The standard InChI is InChI=1S/C20H28N2O5S/c1-13(2)10-15(21-19(26)27-11-14-8-6-5-7-9-14)17(23)22-12-28-20(3,4)16(22)18(24)25/h5-9,13,15-16H,10-12H2,1-4H3,(H,21,26)(H,24,25)/t15-,16+/m0/s1. The molecule has 1 heterocycles. The normalized spacial score (nSPS) is 19.3. The van der Waals surface area contributed by atoms with Crippen LogP contribution in [0.25, 0.3) is 0 Å². The van der Waals surface area contributed by atoms with Gasteiger partial charge < -0.3 is 20.1 Å². The van der Waals surface area contributed by atoms with E-state index in [0.717, 1.165) is 5.56 Å². The number of thioether (sulfide) groups is 1. The first-order valence-electron chi connectivity index (χ1n) is 9.26. The molecular weight excluding hydrogens is 380 g/mol. The number of carboxylic acid groups (broad SMARTS) is 1. The van der Waals surface area contributed by atoms with Gasteiger partial charge in [-0.25, -0.2) is 9.59 Å². The van der Waals surface area contributed by atoms with Crippen molar-refractivity contribution in [1.82, 2.24) is 10.2 Å². The van der Waals surface area contributed by atoms with Crippen LogP contribution in [0, 0.1) is 5.92 Å². The van der Waals surface area contributed by atoms with Gasteiger partial charge in [0, 0.05) is 4.75 Å². The number of rotatable bonds is 7. The van der Waals surface area contributed by atoms with E-state index >= 15 is 0 Å². The zero-order valence-corrected chi connectivity index (χ0v) is 17.5. The van der Waals surface area contributed by atoms with Gasteiger partial charge in [0.05, 0.1) is 5.88 Å². The molecule has 0 unspecified atom stereocenters. The van der Waals surface area contributed by atoms with Gasteiger partial charge in [0.1, 0.15) is 18.7 Å². The summed E-state index contributed by atoms with van der Waals surface area (Å²) in [5, 5.41) is 12.2. The zero-order chi connectivity index (χ0) is 20.9. The molecule has 1 aromatic rings. The maximum Gasteiger partial charge on any atom is 0.408 e. The van der Waals surface area contributed by atoms with Crippen LogP contribution in [0.15, 0.2) is 30.3 Å². The Bertz CT molecular complexity index is 708. The minimum absolute atomic E-state index is 0.0968. The van der Waals surface area contributed by atoms with Gasteiger partial charge in [0.2, 0.25) is 5.91 Å². The number of nitrogens with one attached hydrogen (secondary N) is 1. The van der Waals surface area contributed by atoms with Crippen molar-refractivity contribution in [2.24, 2.45) is 5.92 Å². The molecule has 1 aromatic carbocycles. The van der Waals surface area contributed by atoms with Crippen LogP contribution in [-0.2, 0) is 20.9 Å². The zero-order valence-electron chi connectivity index (χ0n) is 16.7. The Labute approximate surface area is 169 Å². The number of aliphatic carboxylic acids is 1. The van der Waals surface area contributed by atoms with E-state index in [9.17, 15) is 19.5 Å². The lowest BCUT2D eigenvalue weighted by atomic mass is 9.98. The highest BCUT2D eigenvalue weighted by Gasteiger charge is 2.49. The number of ether oxygens (including phenoxy) is 1. The molecule has 0 saturated carbocycles. The van der Waals surface area contributed by atoms with Crippen molar-refractivity contribution in [2.45, 2.75) is 57.6 Å². The largest absolute Gasteiger partial charge is 0.480 e. The van der Waals surface area contributed by atoms with Crippen molar-refractivity contribution in [3.05, 3.63) is 35.9 Å². The van der Waals surface area contributed by atoms with Crippen LogP contribution >= 0.6 is 11.8 Å². The van der Waals surface area contributed by atoms with Gasteiger partial charge in [-0.3, -0.25) is 4.79 Å². The van der Waals surface area contributed by atoms with E-state index in [1.54, 1.807) is 0 Å². The molecular formula is C20H28N2O5S. The smallest absolute Gasteiger partial charge is 0.408 e. The van der Waals surface area contributed by atoms with Gasteiger partial charge >= 0.3 is 12.1 Å². The second-order valence-electron chi connectivity index (χ2n) is 7.81. The van der Waals surface area contributed by atoms with Gasteiger partial charge in [-0.15, -0.1) is 11.8 Å². The molecule has 2 amide bonds. The highest BCUT2D eigenvalue weighted by molar-refractivity contribution is 8.00. The first-order chi connectivity index (χ1) is 13.1. The third-order valence-corrected chi connectivity index (χ3v) is 5.95. The molecule has 2 rings (SSSR count). The monoisotopic (exact) mass is 408 g/mol. The van der Waals surface area contributed by atoms with Crippen LogP contribution in [0.4, 0.5) is 4.79 Å². The Hall–Kier alpha value is -2.22. The fraction of sp³-hybridized carbons (Fsp3) is 0.550. The molecule has 1 aliphatic rings. The summed E-state index contributed by atoms with van der Waals surface area (Å²) in [6.45, 7) is 7.59. The number of carbonyl (C=O) groups is 3. The summed E-state index contributed by atoms with van der Waals surface area (Å²) in [4.78, 5) is 38.4. The minimum atomic E-state index is -1.04. The summed E-state index contributed by atoms with van der Waals surface area (Å²) in [5.41, 5.74) is 0.841. The molecule has 0 aromatic heterocycles. The number of benzene rings is 1. The van der Waals surface area contributed by atoms with Crippen molar-refractivity contribution in [3.63, 3.8) is 0 Å². The first kappa shape index (κ1) is 22.1. The number of carbonyl (C=O) groups excluding carboxylic acids is 2. The number of nitrogens with zero attached hydrogens (tertiary/aromatic N) is 1. The highest BCUT2D eigenvalue weighted by atomic mass is 32.2. The Morgan fingerprint density at radius 3 is 2.50 bits per heavy atom. The van der Waals surface area contributed by atoms with E-state index in [4.69, 9.17) is 4.74 Å². The molecule has 8 heteroatoms. The third kappa shape index (κ3) is 5.64. The molecule has 2 N–H and O–H groups in total. The lowest BCUT2D eigenvalue weighted by Crippen LogP contribution is -2.55. The number of amides is 2. The Kier molecular flexibility index (Phi) is 7.35. The number of hydrogen-bond acceptors (Lipinski definition) is 5. The molecule has 7 nitrogen and oxygen atoms in total. The lowest BCUT2D eigenvalue weighted by molar-refractivity contribution is -0.150. The molecule has 0 spiro atoms. The van der Waals surface area contributed by atoms with E-state index < -0.39 is 34.8 Å². The molecule has 0 bridgehead atoms. The second kappa shape index (κ2) is 9.32. The molecule has 154 valence electrons. The van der Waals surface area contributed by atoms with E-state index in [1.807, 2.05) is 58.0 Å². The van der Waals surface area contributed by atoms with E-state index in [-0.39, 0.29) is 18.4 Å². The van der Waals surface area contributed by atoms with E-state index in [2.05, 4.69) is 5.32 Å². The SMILES string of the molecule is CC(C)C[C@H](NC(=O)OCc1ccccc1)C(=O)N1CSC(C)(C)[C@H]1C(=O)O. The number of alkyl carbamates (subject to hydrolysis) is 1. The Morgan fingerprint density at radius 1 is 1.29 bits per heavy atom. The second-order valence-corrected chi connectivity index (χ2v) is 9.41. The van der Waals surface area contributed by atoms with Crippen LogP contribution in [-0.4, -0.2) is 50.7 Å². The summed E-state index contributed by atoms with van der Waals surface area (Å²) >= 11 is 1.42. The number of hydrogen-bond donors (Lipinski definition) is 2. The molecule has 1 saturated heterocycles. The first-order valence-corrected chi connectivity index (χ1v) is 10.2. The van der Waals surface area contributed by atoms with Gasteiger partial charge in [-0.2, -0.15) is 0 Å². The molecule has 1 fully saturated rings. The minimum Gasteiger partial charge on any atom is -0.480 e. The lowest BCUT2D eigenvalue weighted by Gasteiger charge is -2.31. The van der Waals surface area contributed by atoms with Crippen LogP contribution in [0.2, 0.25) is 0 Å². The van der Waals surface area contributed by atoms with Crippen LogP contribution in [0.1, 0.15) is 39.7 Å². The van der Waals surface area contributed by atoms with Crippen molar-refractivity contribution in [3.8, 4) is 0 Å². The molecule has 2 atom stereocenters. The maximum absolute atomic E-state index is 13.1. The van der Waals surface area contributed by atoms with Gasteiger partial charge in [0.15, 0.2) is 0 Å². The fourth-order valence-electron chi connectivity index (χ4n) is 3.19. The highest BCUT2D eigenvalue weighted by Crippen LogP contribution is 2.39. The number of carboxylic acids is 1. The Balaban J connectivity index is 2.06. The van der Waals surface area contributed by atoms with Crippen molar-refractivity contribution >= 4 is 29.7 Å². The average Bonchev–Trinajstić information content (AvgIpc) is 2.94. The quantitative estimate of drug-likeness (QED) is 0.720. The maximum atomic E-state index is 13.1. The van der Waals surface area contributed by atoms with Crippen LogP contribution < -0.4 is 5.32 Å². The molecule has 0 aliphatic carbocycles. The van der Waals surface area contributed by atoms with Gasteiger partial charge in [-0.1, -0.05) is 44.2 Å².